The van der Waals surface area contributed by atoms with Gasteiger partial charge in [0, 0.05) is 13.1 Å². The minimum absolute atomic E-state index is 0.148. The van der Waals surface area contributed by atoms with E-state index in [1.54, 1.807) is 19.2 Å². The molecule has 0 radical (unpaired) electrons. The van der Waals surface area contributed by atoms with Crippen LogP contribution in [0.25, 0.3) is 0 Å². The van der Waals surface area contributed by atoms with Gasteiger partial charge >= 0.3 is 0 Å². The lowest BCUT2D eigenvalue weighted by Gasteiger charge is -2.33. The van der Waals surface area contributed by atoms with Gasteiger partial charge in [0.15, 0.2) is 0 Å². The Bertz CT molecular complexity index is 532. The first-order chi connectivity index (χ1) is 7.93. The van der Waals surface area contributed by atoms with Gasteiger partial charge in [0.1, 0.15) is 9.20 Å². The van der Waals surface area contributed by atoms with Crippen molar-refractivity contribution in [3.05, 3.63) is 17.0 Å². The van der Waals surface area contributed by atoms with Crippen LogP contribution in [0.3, 0.4) is 0 Å². The van der Waals surface area contributed by atoms with Crippen molar-refractivity contribution in [2.24, 2.45) is 5.73 Å². The van der Waals surface area contributed by atoms with Crippen molar-refractivity contribution in [3.63, 3.8) is 0 Å². The van der Waals surface area contributed by atoms with Crippen molar-refractivity contribution in [2.75, 3.05) is 7.05 Å². The van der Waals surface area contributed by atoms with Gasteiger partial charge in [-0.15, -0.1) is 11.3 Å². The molecule has 1 heterocycles. The maximum atomic E-state index is 12.3. The molecule has 2 N–H and O–H groups in total. The maximum Gasteiger partial charge on any atom is 0.252 e. The van der Waals surface area contributed by atoms with E-state index in [1.165, 1.54) is 4.31 Å². The van der Waals surface area contributed by atoms with E-state index in [2.05, 4.69) is 0 Å². The van der Waals surface area contributed by atoms with E-state index in [-0.39, 0.29) is 11.0 Å². The van der Waals surface area contributed by atoms with Gasteiger partial charge in [-0.3, -0.25) is 0 Å². The lowest BCUT2D eigenvalue weighted by Crippen LogP contribution is -2.40. The number of nitrogens with zero attached hydrogens (tertiary/aromatic N) is 1. The number of nitrogens with two attached hydrogens (primary N) is 1. The Labute approximate surface area is 110 Å². The van der Waals surface area contributed by atoms with E-state index in [0.29, 0.717) is 9.09 Å². The van der Waals surface area contributed by atoms with Crippen LogP contribution in [0, 0.1) is 0 Å². The first kappa shape index (κ1) is 12.9. The maximum absolute atomic E-state index is 12.3. The summed E-state index contributed by atoms with van der Waals surface area (Å²) in [6.45, 7) is 0. The van der Waals surface area contributed by atoms with Gasteiger partial charge in [-0.2, -0.15) is 4.31 Å². The minimum Gasteiger partial charge on any atom is -0.389 e. The molecule has 0 spiro atoms. The monoisotopic (exact) mass is 290 g/mol. The summed E-state index contributed by atoms with van der Waals surface area (Å²) in [5.41, 5.74) is 5.48. The largest absolute Gasteiger partial charge is 0.389 e. The number of thiocarbonyl (C=S) groups is 1. The molecule has 0 aromatic carbocycles. The van der Waals surface area contributed by atoms with Crippen LogP contribution in [0.5, 0.6) is 0 Å². The van der Waals surface area contributed by atoms with Gasteiger partial charge in [0.25, 0.3) is 10.0 Å². The molecule has 1 aromatic rings. The molecule has 0 atom stereocenters. The van der Waals surface area contributed by atoms with Crippen molar-refractivity contribution < 1.29 is 8.42 Å². The highest BCUT2D eigenvalue weighted by Crippen LogP contribution is 2.31. The Hall–Kier alpha value is -0.500. The van der Waals surface area contributed by atoms with E-state index in [1.807, 2.05) is 0 Å². The van der Waals surface area contributed by atoms with Gasteiger partial charge in [0.05, 0.1) is 4.88 Å². The number of rotatable bonds is 4. The highest BCUT2D eigenvalue weighted by molar-refractivity contribution is 7.91. The zero-order valence-electron chi connectivity index (χ0n) is 9.42. The Morgan fingerprint density at radius 1 is 1.53 bits per heavy atom. The molecule has 17 heavy (non-hydrogen) atoms. The van der Waals surface area contributed by atoms with Gasteiger partial charge in [-0.25, -0.2) is 8.42 Å². The molecule has 1 saturated carbocycles. The Morgan fingerprint density at radius 2 is 2.18 bits per heavy atom. The molecule has 2 rings (SSSR count). The molecule has 1 aliphatic carbocycles. The Balaban J connectivity index is 2.27. The predicted octanol–water partition coefficient (Wildman–Crippen LogP) is 1.56. The number of hydrogen-bond acceptors (Lipinski definition) is 4. The average Bonchev–Trinajstić information content (AvgIpc) is 2.63. The third-order valence-electron chi connectivity index (χ3n) is 3.05. The fraction of sp³-hybridized carbons (Fsp3) is 0.500. The molecule has 0 bridgehead atoms. The first-order valence-electron chi connectivity index (χ1n) is 5.30. The lowest BCUT2D eigenvalue weighted by atomic mass is 9.94. The van der Waals surface area contributed by atoms with E-state index < -0.39 is 10.0 Å². The van der Waals surface area contributed by atoms with Crippen molar-refractivity contribution in [3.8, 4) is 0 Å². The molecule has 0 unspecified atom stereocenters. The lowest BCUT2D eigenvalue weighted by molar-refractivity contribution is 0.250. The summed E-state index contributed by atoms with van der Waals surface area (Å²) in [7, 11) is -1.74. The van der Waals surface area contributed by atoms with E-state index >= 15 is 0 Å². The standard InChI is InChI=1S/C10H14N2O2S3/c1-12(7-3-2-4-7)17(13,14)9-6-5-8(16-9)10(11)15/h5-7H,2-4H2,1H3,(H2,11,15). The molecule has 1 fully saturated rings. The molecular weight excluding hydrogens is 276 g/mol. The van der Waals surface area contributed by atoms with Crippen LogP contribution < -0.4 is 5.73 Å². The summed E-state index contributed by atoms with van der Waals surface area (Å²) < 4.78 is 26.3. The summed E-state index contributed by atoms with van der Waals surface area (Å²) in [5.74, 6) is 0. The third-order valence-corrected chi connectivity index (χ3v) is 6.89. The molecule has 0 aliphatic heterocycles. The normalized spacial score (nSPS) is 17.1. The summed E-state index contributed by atoms with van der Waals surface area (Å²) in [4.78, 5) is 0.878. The van der Waals surface area contributed by atoms with Crippen LogP contribution >= 0.6 is 23.6 Å². The van der Waals surface area contributed by atoms with Crippen molar-refractivity contribution in [1.29, 1.82) is 0 Å². The highest BCUT2D eigenvalue weighted by Gasteiger charge is 2.32. The SMILES string of the molecule is CN(C1CCC1)S(=O)(=O)c1ccc(C(N)=S)s1. The van der Waals surface area contributed by atoms with E-state index in [0.717, 1.165) is 30.6 Å². The Morgan fingerprint density at radius 3 is 2.59 bits per heavy atom. The molecule has 94 valence electrons. The van der Waals surface area contributed by atoms with Gasteiger partial charge in [-0.1, -0.05) is 18.6 Å². The van der Waals surface area contributed by atoms with E-state index in [4.69, 9.17) is 18.0 Å². The first-order valence-corrected chi connectivity index (χ1v) is 7.97. The highest BCUT2D eigenvalue weighted by atomic mass is 32.2. The average molecular weight is 290 g/mol. The molecule has 7 heteroatoms. The van der Waals surface area contributed by atoms with Crippen LogP contribution in [0.4, 0.5) is 0 Å². The number of hydrogen-bond donors (Lipinski definition) is 1. The van der Waals surface area contributed by atoms with Gasteiger partial charge in [0.2, 0.25) is 0 Å². The number of sulfonamides is 1. The van der Waals surface area contributed by atoms with Crippen LogP contribution in [0.2, 0.25) is 0 Å². The van der Waals surface area contributed by atoms with Crippen LogP contribution in [-0.4, -0.2) is 30.8 Å². The second kappa shape index (κ2) is 4.64. The molecule has 0 amide bonds. The minimum atomic E-state index is -3.38. The van der Waals surface area contributed by atoms with Crippen molar-refractivity contribution in [1.82, 2.24) is 4.31 Å². The van der Waals surface area contributed by atoms with Gasteiger partial charge in [-0.05, 0) is 25.0 Å². The summed E-state index contributed by atoms with van der Waals surface area (Å²) >= 11 is 5.96. The van der Waals surface area contributed by atoms with Crippen LogP contribution in [-0.2, 0) is 10.0 Å². The third kappa shape index (κ3) is 2.37. The topological polar surface area (TPSA) is 63.4 Å². The number of thiophene rings is 1. The molecule has 1 aromatic heterocycles. The van der Waals surface area contributed by atoms with Crippen LogP contribution in [0.15, 0.2) is 16.3 Å². The van der Waals surface area contributed by atoms with Gasteiger partial charge < -0.3 is 5.73 Å². The van der Waals surface area contributed by atoms with Crippen molar-refractivity contribution in [2.45, 2.75) is 29.5 Å². The predicted molar refractivity (Wildman–Crippen MR) is 72.8 cm³/mol. The molecule has 0 saturated heterocycles. The zero-order valence-corrected chi connectivity index (χ0v) is 11.9. The summed E-state index contributed by atoms with van der Waals surface area (Å²) in [5, 5.41) is 0. The zero-order chi connectivity index (χ0) is 12.6. The second-order valence-electron chi connectivity index (χ2n) is 4.09. The molecule has 4 nitrogen and oxygen atoms in total. The summed E-state index contributed by atoms with van der Waals surface area (Å²) in [6.07, 6.45) is 3.00. The quantitative estimate of drug-likeness (QED) is 0.855. The van der Waals surface area contributed by atoms with Crippen molar-refractivity contribution >= 4 is 38.6 Å². The van der Waals surface area contributed by atoms with E-state index in [9.17, 15) is 8.42 Å². The fourth-order valence-electron chi connectivity index (χ4n) is 1.68. The molecular formula is C10H14N2O2S3. The molecule has 1 aliphatic rings. The van der Waals surface area contributed by atoms with Crippen LogP contribution in [0.1, 0.15) is 24.1 Å². The second-order valence-corrected chi connectivity index (χ2v) is 7.84. The fourth-order valence-corrected chi connectivity index (χ4v) is 4.63. The smallest absolute Gasteiger partial charge is 0.252 e. The summed E-state index contributed by atoms with van der Waals surface area (Å²) in [6, 6.07) is 3.38. The Kier molecular flexibility index (Phi) is 3.53.